The summed E-state index contributed by atoms with van der Waals surface area (Å²) in [6.07, 6.45) is 0. The molecule has 0 saturated carbocycles. The zero-order valence-electron chi connectivity index (χ0n) is 13.7. The molecule has 0 radical (unpaired) electrons. The highest BCUT2D eigenvalue weighted by atomic mass is 16.5. The van der Waals surface area contributed by atoms with Crippen molar-refractivity contribution in [1.29, 1.82) is 0 Å². The van der Waals surface area contributed by atoms with E-state index in [-0.39, 0.29) is 5.91 Å². The standard InChI is InChI=1S/C20H15N3O3/c21-12-3-1-5-14(9-12)23-19(24)17-8-7-16(11-18(17)20(23)25)26-15-6-2-4-13(22)10-15/h1-11H,21-22H2. The van der Waals surface area contributed by atoms with E-state index in [2.05, 4.69) is 0 Å². The number of fused-ring (bicyclic) bond motifs is 1. The molecule has 4 rings (SSSR count). The SMILES string of the molecule is Nc1cccc(Oc2ccc3c(c2)C(=O)N(c2cccc(N)c2)C3=O)c1. The molecule has 0 unspecified atom stereocenters. The van der Waals surface area contributed by atoms with Gasteiger partial charge >= 0.3 is 0 Å². The monoisotopic (exact) mass is 345 g/mol. The second-order valence-electron chi connectivity index (χ2n) is 5.92. The molecule has 6 heteroatoms. The first-order valence-electron chi connectivity index (χ1n) is 7.95. The first kappa shape index (κ1) is 15.7. The topological polar surface area (TPSA) is 98.7 Å². The molecule has 2 amide bonds. The first-order chi connectivity index (χ1) is 12.5. The number of benzene rings is 3. The van der Waals surface area contributed by atoms with E-state index in [4.69, 9.17) is 16.2 Å². The molecule has 3 aromatic rings. The largest absolute Gasteiger partial charge is 0.457 e. The molecule has 1 aliphatic heterocycles. The number of rotatable bonds is 3. The lowest BCUT2D eigenvalue weighted by Gasteiger charge is -2.14. The van der Waals surface area contributed by atoms with Crippen molar-refractivity contribution in [3.63, 3.8) is 0 Å². The van der Waals surface area contributed by atoms with Gasteiger partial charge in [-0.2, -0.15) is 0 Å². The number of nitrogens with zero attached hydrogens (tertiary/aromatic N) is 1. The molecule has 0 spiro atoms. The molecule has 0 bridgehead atoms. The molecule has 0 aromatic heterocycles. The lowest BCUT2D eigenvalue weighted by atomic mass is 10.1. The van der Waals surface area contributed by atoms with Crippen molar-refractivity contribution in [1.82, 2.24) is 0 Å². The molecular weight excluding hydrogens is 330 g/mol. The minimum absolute atomic E-state index is 0.291. The van der Waals surface area contributed by atoms with Crippen LogP contribution in [0.4, 0.5) is 17.1 Å². The summed E-state index contributed by atoms with van der Waals surface area (Å²) >= 11 is 0. The van der Waals surface area contributed by atoms with Crippen molar-refractivity contribution < 1.29 is 14.3 Å². The number of nitrogen functional groups attached to an aromatic ring is 2. The molecule has 0 aliphatic carbocycles. The van der Waals surface area contributed by atoms with Crippen molar-refractivity contribution in [3.05, 3.63) is 77.9 Å². The van der Waals surface area contributed by atoms with Gasteiger partial charge in [0.15, 0.2) is 0 Å². The third-order valence-corrected chi connectivity index (χ3v) is 4.08. The average molecular weight is 345 g/mol. The minimum Gasteiger partial charge on any atom is -0.457 e. The van der Waals surface area contributed by atoms with Gasteiger partial charge in [0.2, 0.25) is 0 Å². The van der Waals surface area contributed by atoms with Crippen LogP contribution in [0, 0.1) is 0 Å². The summed E-state index contributed by atoms with van der Waals surface area (Å²) in [6, 6.07) is 18.4. The molecule has 26 heavy (non-hydrogen) atoms. The number of hydrogen-bond donors (Lipinski definition) is 2. The van der Waals surface area contributed by atoms with Crippen LogP contribution in [0.2, 0.25) is 0 Å². The Balaban J connectivity index is 1.68. The fourth-order valence-corrected chi connectivity index (χ4v) is 2.90. The maximum Gasteiger partial charge on any atom is 0.266 e. The van der Waals surface area contributed by atoms with Gasteiger partial charge < -0.3 is 16.2 Å². The van der Waals surface area contributed by atoms with E-state index < -0.39 is 5.91 Å². The van der Waals surface area contributed by atoms with Crippen LogP contribution in [0.15, 0.2) is 66.7 Å². The van der Waals surface area contributed by atoms with Crippen LogP contribution < -0.4 is 21.1 Å². The summed E-state index contributed by atoms with van der Waals surface area (Å²) in [7, 11) is 0. The zero-order valence-corrected chi connectivity index (χ0v) is 13.7. The van der Waals surface area contributed by atoms with Gasteiger partial charge in [-0.05, 0) is 48.5 Å². The molecule has 3 aromatic carbocycles. The number of carbonyl (C=O) groups is 2. The fraction of sp³-hybridized carbons (Fsp3) is 0. The van der Waals surface area contributed by atoms with Crippen LogP contribution in [0.25, 0.3) is 0 Å². The number of amides is 2. The van der Waals surface area contributed by atoms with Crippen molar-refractivity contribution >= 4 is 28.9 Å². The van der Waals surface area contributed by atoms with Crippen molar-refractivity contribution in [2.45, 2.75) is 0 Å². The van der Waals surface area contributed by atoms with Gasteiger partial charge in [-0.15, -0.1) is 0 Å². The lowest BCUT2D eigenvalue weighted by molar-refractivity contribution is 0.0926. The average Bonchev–Trinajstić information content (AvgIpc) is 2.85. The smallest absolute Gasteiger partial charge is 0.266 e. The van der Waals surface area contributed by atoms with Crippen LogP contribution in [0.1, 0.15) is 20.7 Å². The predicted octanol–water partition coefficient (Wildman–Crippen LogP) is 3.44. The van der Waals surface area contributed by atoms with Crippen molar-refractivity contribution in [3.8, 4) is 11.5 Å². The maximum absolute atomic E-state index is 12.8. The number of hydrogen-bond acceptors (Lipinski definition) is 5. The van der Waals surface area contributed by atoms with Gasteiger partial charge in [0.1, 0.15) is 11.5 Å². The Morgan fingerprint density at radius 1 is 0.692 bits per heavy atom. The van der Waals surface area contributed by atoms with Crippen molar-refractivity contribution in [2.24, 2.45) is 0 Å². The van der Waals surface area contributed by atoms with Gasteiger partial charge in [-0.3, -0.25) is 9.59 Å². The van der Waals surface area contributed by atoms with E-state index in [0.29, 0.717) is 39.7 Å². The lowest BCUT2D eigenvalue weighted by Crippen LogP contribution is -2.29. The number of imide groups is 1. The Morgan fingerprint density at radius 2 is 1.35 bits per heavy atom. The van der Waals surface area contributed by atoms with Crippen molar-refractivity contribution in [2.75, 3.05) is 16.4 Å². The molecule has 4 N–H and O–H groups in total. The van der Waals surface area contributed by atoms with Crippen LogP contribution in [0.5, 0.6) is 11.5 Å². The summed E-state index contributed by atoms with van der Waals surface area (Å²) in [5, 5.41) is 0. The minimum atomic E-state index is -0.409. The Bertz CT molecular complexity index is 1050. The van der Waals surface area contributed by atoms with Gasteiger partial charge in [0, 0.05) is 17.4 Å². The molecule has 6 nitrogen and oxygen atoms in total. The van der Waals surface area contributed by atoms with E-state index in [1.807, 2.05) is 0 Å². The summed E-state index contributed by atoms with van der Waals surface area (Å²) in [4.78, 5) is 26.5. The molecule has 0 atom stereocenters. The van der Waals surface area contributed by atoms with E-state index >= 15 is 0 Å². The van der Waals surface area contributed by atoms with E-state index in [0.717, 1.165) is 4.90 Å². The number of carbonyl (C=O) groups excluding carboxylic acids is 2. The summed E-state index contributed by atoms with van der Waals surface area (Å²) in [5.74, 6) is 0.207. The van der Waals surface area contributed by atoms with Gasteiger partial charge in [-0.25, -0.2) is 4.90 Å². The van der Waals surface area contributed by atoms with Gasteiger partial charge in [0.05, 0.1) is 16.8 Å². The molecule has 128 valence electrons. The highest BCUT2D eigenvalue weighted by Crippen LogP contribution is 2.33. The second kappa shape index (κ2) is 5.93. The van der Waals surface area contributed by atoms with E-state index in [1.165, 1.54) is 0 Å². The zero-order chi connectivity index (χ0) is 18.3. The molecular formula is C20H15N3O3. The Morgan fingerprint density at radius 3 is 2.08 bits per heavy atom. The second-order valence-corrected chi connectivity index (χ2v) is 5.92. The van der Waals surface area contributed by atoms with Crippen LogP contribution in [0.3, 0.4) is 0 Å². The van der Waals surface area contributed by atoms with Gasteiger partial charge in [-0.1, -0.05) is 12.1 Å². The summed E-state index contributed by atoms with van der Waals surface area (Å²) < 4.78 is 5.75. The Labute approximate surface area is 149 Å². The van der Waals surface area contributed by atoms with E-state index in [9.17, 15) is 9.59 Å². The molecule has 1 heterocycles. The molecule has 1 aliphatic rings. The molecule has 0 fully saturated rings. The quantitative estimate of drug-likeness (QED) is 0.559. The van der Waals surface area contributed by atoms with Gasteiger partial charge in [0.25, 0.3) is 11.8 Å². The van der Waals surface area contributed by atoms with Crippen LogP contribution >= 0.6 is 0 Å². The van der Waals surface area contributed by atoms with Crippen LogP contribution in [-0.2, 0) is 0 Å². The number of anilines is 3. The molecule has 0 saturated heterocycles. The Hall–Kier alpha value is -3.80. The summed E-state index contributed by atoms with van der Waals surface area (Å²) in [6.45, 7) is 0. The highest BCUT2D eigenvalue weighted by Gasteiger charge is 2.37. The third kappa shape index (κ3) is 2.63. The van der Waals surface area contributed by atoms with Crippen LogP contribution in [-0.4, -0.2) is 11.8 Å². The third-order valence-electron chi connectivity index (χ3n) is 4.08. The number of ether oxygens (including phenoxy) is 1. The predicted molar refractivity (Wildman–Crippen MR) is 99.4 cm³/mol. The normalized spacial score (nSPS) is 13.0. The Kier molecular flexibility index (Phi) is 3.58. The first-order valence-corrected chi connectivity index (χ1v) is 7.95. The fourth-order valence-electron chi connectivity index (χ4n) is 2.90. The summed E-state index contributed by atoms with van der Waals surface area (Å²) in [5.41, 5.74) is 13.6. The number of nitrogens with two attached hydrogens (primary N) is 2. The highest BCUT2D eigenvalue weighted by molar-refractivity contribution is 6.34. The maximum atomic E-state index is 12.8. The van der Waals surface area contributed by atoms with E-state index in [1.54, 1.807) is 66.7 Å².